The van der Waals surface area contributed by atoms with Crippen molar-refractivity contribution >= 4 is 52.3 Å². The summed E-state index contributed by atoms with van der Waals surface area (Å²) in [5.41, 5.74) is 10.5. The first kappa shape index (κ1) is 43.6. The average Bonchev–Trinajstić information content (AvgIpc) is 3.89. The number of rotatable bonds is 9. The number of pyridine rings is 1. The van der Waals surface area contributed by atoms with E-state index < -0.39 is 53.0 Å². The van der Waals surface area contributed by atoms with Gasteiger partial charge >= 0.3 is 6.03 Å². The van der Waals surface area contributed by atoms with Crippen molar-refractivity contribution in [3.63, 3.8) is 0 Å². The van der Waals surface area contributed by atoms with Crippen molar-refractivity contribution in [1.82, 2.24) is 34.7 Å². The third kappa shape index (κ3) is 8.00. The van der Waals surface area contributed by atoms with Gasteiger partial charge in [0.05, 0.1) is 41.2 Å². The van der Waals surface area contributed by atoms with E-state index in [0.29, 0.717) is 41.9 Å². The summed E-state index contributed by atoms with van der Waals surface area (Å²) in [6.07, 6.45) is 8.54. The number of hydrogen-bond donors (Lipinski definition) is 3. The minimum atomic E-state index is -3.23. The Bertz CT molecular complexity index is 2700. The van der Waals surface area contributed by atoms with Crippen LogP contribution in [0.1, 0.15) is 69.6 Å². The predicted molar refractivity (Wildman–Crippen MR) is 236 cm³/mol. The van der Waals surface area contributed by atoms with Crippen LogP contribution in [-0.2, 0) is 22.5 Å². The maximum atomic E-state index is 15.9. The van der Waals surface area contributed by atoms with Crippen molar-refractivity contribution in [2.75, 3.05) is 68.5 Å². The maximum Gasteiger partial charge on any atom is 0.328 e. The van der Waals surface area contributed by atoms with Crippen molar-refractivity contribution in [2.45, 2.75) is 64.0 Å². The fourth-order valence-corrected chi connectivity index (χ4v) is 9.48. The van der Waals surface area contributed by atoms with E-state index in [9.17, 15) is 19.2 Å². The Balaban J connectivity index is 0.000000823. The number of ether oxygens (including phenoxy) is 1. The standard InChI is InChI=1S/C41H40F3N11O4.C5H10O/c1-23-14-28(42)27(15-32(23)54-12-9-35(56)49-39(54)59)38(58)52-13-10-40(41(43,44)22-52)20-51(21-40)19-24-6-7-29(47-17-24)25-4-3-5-31-26(25)8-11-53(31)34-16-30(46-2)37-48-18-33(36(45)57)55(37)50-34;1-6-5-3-2-4-5/h3-7,14-18,46H,8-13,19-22H2,1-2H3,(H2,45,57)(H,49,56,59);5H,2-4H2,1H3. The first-order chi connectivity index (χ1) is 31.2. The average molecular weight is 894 g/mol. The summed E-state index contributed by atoms with van der Waals surface area (Å²) in [7, 11) is 3.55. The lowest BCUT2D eigenvalue weighted by atomic mass is 9.69. The van der Waals surface area contributed by atoms with Crippen LogP contribution in [0.5, 0.6) is 0 Å². The number of likely N-dealkylation sites (tertiary alicyclic amines) is 2. The molecule has 1 saturated carbocycles. The van der Waals surface area contributed by atoms with Crippen LogP contribution in [-0.4, -0.2) is 119 Å². The number of nitrogens with zero attached hydrogens (tertiary/aromatic N) is 8. The number of alkyl halides is 2. The molecule has 5 amide bonds. The summed E-state index contributed by atoms with van der Waals surface area (Å²) < 4.78 is 53.5. The number of primary amides is 1. The van der Waals surface area contributed by atoms with E-state index in [1.807, 2.05) is 41.3 Å². The Labute approximate surface area is 372 Å². The number of amides is 5. The molecule has 2 aromatic carbocycles. The van der Waals surface area contributed by atoms with Crippen molar-refractivity contribution in [3.8, 4) is 11.3 Å². The summed E-state index contributed by atoms with van der Waals surface area (Å²) in [5, 5.41) is 10.0. The molecule has 0 bridgehead atoms. The Morgan fingerprint density at radius 2 is 1.75 bits per heavy atom. The van der Waals surface area contributed by atoms with Crippen LogP contribution in [0.3, 0.4) is 0 Å². The number of nitrogens with two attached hydrogens (primary N) is 1. The molecule has 4 fully saturated rings. The molecule has 7 heterocycles. The van der Waals surface area contributed by atoms with E-state index >= 15 is 13.2 Å². The van der Waals surface area contributed by atoms with Crippen LogP contribution >= 0.6 is 0 Å². The lowest BCUT2D eigenvalue weighted by molar-refractivity contribution is -0.220. The number of hydrogen-bond acceptors (Lipinski definition) is 11. The summed E-state index contributed by atoms with van der Waals surface area (Å²) in [4.78, 5) is 65.0. The molecule has 4 aliphatic heterocycles. The number of benzene rings is 2. The molecule has 16 nitrogen and oxygen atoms in total. The number of nitrogens with one attached hydrogen (secondary N) is 2. The van der Waals surface area contributed by atoms with Gasteiger partial charge in [-0.05, 0) is 80.0 Å². The number of halogens is 3. The molecule has 65 heavy (non-hydrogen) atoms. The van der Waals surface area contributed by atoms with Crippen molar-refractivity contribution in [2.24, 2.45) is 11.1 Å². The predicted octanol–water partition coefficient (Wildman–Crippen LogP) is 5.69. The Kier molecular flexibility index (Phi) is 11.5. The molecule has 5 aliphatic rings. The number of carbonyl (C=O) groups is 4. The second-order valence-corrected chi connectivity index (χ2v) is 17.4. The number of anilines is 4. The maximum absolute atomic E-state index is 15.9. The SMILES string of the molecule is CNc1cc(N2CCc3c(-c4ccc(CN5CC6(CCN(C(=O)c7cc(N8CCC(=O)NC8=O)c(C)cc7F)CC6(F)F)C5)cn4)cccc32)nn2c(C(N)=O)cnc12.COC1CCC1. The lowest BCUT2D eigenvalue weighted by Gasteiger charge is -2.57. The monoisotopic (exact) mass is 893 g/mol. The molecule has 0 atom stereocenters. The molecule has 5 aromatic rings. The second kappa shape index (κ2) is 17.1. The topological polar surface area (TPSA) is 184 Å². The zero-order valence-electron chi connectivity index (χ0n) is 36.4. The van der Waals surface area contributed by atoms with Gasteiger partial charge < -0.3 is 25.6 Å². The highest BCUT2D eigenvalue weighted by Crippen LogP contribution is 2.51. The van der Waals surface area contributed by atoms with E-state index in [1.54, 1.807) is 27.3 Å². The van der Waals surface area contributed by atoms with Crippen LogP contribution in [0.4, 0.5) is 40.8 Å². The molecule has 3 saturated heterocycles. The number of imide groups is 1. The van der Waals surface area contributed by atoms with Gasteiger partial charge in [0.15, 0.2) is 11.5 Å². The quantitative estimate of drug-likeness (QED) is 0.165. The van der Waals surface area contributed by atoms with E-state index in [2.05, 4.69) is 20.5 Å². The Hall–Kier alpha value is -6.60. The number of fused-ring (bicyclic) bond motifs is 2. The first-order valence-corrected chi connectivity index (χ1v) is 21.7. The molecule has 340 valence electrons. The minimum absolute atomic E-state index is 0.0258. The minimum Gasteiger partial charge on any atom is -0.385 e. The number of carbonyl (C=O) groups excluding carboxylic acids is 4. The van der Waals surface area contributed by atoms with Crippen molar-refractivity contribution in [1.29, 1.82) is 0 Å². The number of imidazole rings is 1. The number of piperidine rings is 1. The number of urea groups is 1. The van der Waals surface area contributed by atoms with Gasteiger partial charge in [0.25, 0.3) is 17.7 Å². The fourth-order valence-electron chi connectivity index (χ4n) is 9.48. The molecule has 0 unspecified atom stereocenters. The van der Waals surface area contributed by atoms with Crippen LogP contribution in [0.25, 0.3) is 16.9 Å². The van der Waals surface area contributed by atoms with E-state index in [1.165, 1.54) is 40.9 Å². The van der Waals surface area contributed by atoms with Gasteiger partial charge in [-0.15, -0.1) is 5.10 Å². The zero-order chi connectivity index (χ0) is 45.8. The second-order valence-electron chi connectivity index (χ2n) is 17.4. The summed E-state index contributed by atoms with van der Waals surface area (Å²) in [6, 6.07) is 13.4. The highest BCUT2D eigenvalue weighted by Gasteiger charge is 2.63. The molecule has 4 N–H and O–H groups in total. The molecule has 0 radical (unpaired) electrons. The third-order valence-corrected chi connectivity index (χ3v) is 13.4. The largest absolute Gasteiger partial charge is 0.385 e. The molecule has 19 heteroatoms. The van der Waals surface area contributed by atoms with E-state index in [-0.39, 0.29) is 50.4 Å². The molecule has 10 rings (SSSR count). The van der Waals surface area contributed by atoms with Gasteiger partial charge in [0, 0.05) is 89.0 Å². The van der Waals surface area contributed by atoms with Crippen molar-refractivity contribution in [3.05, 3.63) is 94.7 Å². The summed E-state index contributed by atoms with van der Waals surface area (Å²) in [5.74, 6) is -5.42. The van der Waals surface area contributed by atoms with Gasteiger partial charge in [-0.2, -0.15) is 0 Å². The highest BCUT2D eigenvalue weighted by molar-refractivity contribution is 6.06. The molecule has 3 aromatic heterocycles. The van der Waals surface area contributed by atoms with Gasteiger partial charge in [0.1, 0.15) is 11.5 Å². The summed E-state index contributed by atoms with van der Waals surface area (Å²) >= 11 is 0. The molecule has 1 aliphatic carbocycles. The number of aryl methyl sites for hydroxylation is 1. The molecule has 1 spiro atoms. The fraction of sp³-hybridized carbons (Fsp3) is 0.413. The van der Waals surface area contributed by atoms with E-state index in [0.717, 1.165) is 45.5 Å². The van der Waals surface area contributed by atoms with E-state index in [4.69, 9.17) is 20.6 Å². The van der Waals surface area contributed by atoms with Crippen molar-refractivity contribution < 1.29 is 37.1 Å². The molecular formula is C46H50F3N11O5. The Morgan fingerprint density at radius 1 is 0.969 bits per heavy atom. The van der Waals surface area contributed by atoms with Crippen LogP contribution in [0, 0.1) is 18.2 Å². The molecular weight excluding hydrogens is 844 g/mol. The van der Waals surface area contributed by atoms with Crippen LogP contribution in [0.15, 0.2) is 60.9 Å². The lowest BCUT2D eigenvalue weighted by Crippen LogP contribution is -2.70. The number of methoxy groups -OCH3 is 1. The smallest absolute Gasteiger partial charge is 0.328 e. The van der Waals surface area contributed by atoms with Crippen LogP contribution in [0.2, 0.25) is 0 Å². The Morgan fingerprint density at radius 3 is 2.40 bits per heavy atom. The summed E-state index contributed by atoms with van der Waals surface area (Å²) in [6.45, 7) is 2.12. The van der Waals surface area contributed by atoms with Gasteiger partial charge in [-0.25, -0.2) is 27.5 Å². The van der Waals surface area contributed by atoms with Gasteiger partial charge in [-0.3, -0.25) is 34.5 Å². The normalized spacial score (nSPS) is 19.0. The van der Waals surface area contributed by atoms with Gasteiger partial charge in [0.2, 0.25) is 5.91 Å². The van der Waals surface area contributed by atoms with Crippen LogP contribution < -0.4 is 26.2 Å². The number of aromatic nitrogens is 4. The first-order valence-electron chi connectivity index (χ1n) is 21.7. The zero-order valence-corrected chi connectivity index (χ0v) is 36.4. The highest BCUT2D eigenvalue weighted by atomic mass is 19.3. The third-order valence-electron chi connectivity index (χ3n) is 13.4. The van der Waals surface area contributed by atoms with Gasteiger partial charge in [-0.1, -0.05) is 18.2 Å².